The molecule has 0 aliphatic carbocycles. The van der Waals surface area contributed by atoms with Crippen molar-refractivity contribution in [1.29, 1.82) is 0 Å². The van der Waals surface area contributed by atoms with E-state index in [4.69, 9.17) is 0 Å². The smallest absolute Gasteiger partial charge is 0.241 e. The van der Waals surface area contributed by atoms with Gasteiger partial charge in [-0.1, -0.05) is 26.0 Å². The summed E-state index contributed by atoms with van der Waals surface area (Å²) in [6.45, 7) is 10.4. The van der Waals surface area contributed by atoms with E-state index in [1.165, 1.54) is 0 Å². The van der Waals surface area contributed by atoms with E-state index in [2.05, 4.69) is 36.0 Å². The Labute approximate surface area is 172 Å². The Bertz CT molecular complexity index is 912. The second-order valence-corrected chi connectivity index (χ2v) is 8.99. The van der Waals surface area contributed by atoms with Gasteiger partial charge in [-0.05, 0) is 30.7 Å². The van der Waals surface area contributed by atoms with Crippen molar-refractivity contribution in [2.24, 2.45) is 0 Å². The maximum absolute atomic E-state index is 13.2. The summed E-state index contributed by atoms with van der Waals surface area (Å²) in [6, 6.07) is 9.70. The predicted octanol–water partition coefficient (Wildman–Crippen LogP) is 2.30. The third kappa shape index (κ3) is 4.28. The lowest BCUT2D eigenvalue weighted by Gasteiger charge is -2.32. The number of hydrogen-bond acceptors (Lipinski definition) is 5. The molecular formula is C23H30N4O2. The maximum Gasteiger partial charge on any atom is 0.241 e. The summed E-state index contributed by atoms with van der Waals surface area (Å²) < 4.78 is 0. The number of carbonyl (C=O) groups is 1. The number of phenols is 1. The van der Waals surface area contributed by atoms with Gasteiger partial charge < -0.3 is 15.3 Å². The van der Waals surface area contributed by atoms with Gasteiger partial charge in [0.2, 0.25) is 5.91 Å². The van der Waals surface area contributed by atoms with Crippen molar-refractivity contribution in [2.75, 3.05) is 37.6 Å². The maximum atomic E-state index is 13.2. The van der Waals surface area contributed by atoms with E-state index in [0.29, 0.717) is 25.6 Å². The molecule has 29 heavy (non-hydrogen) atoms. The topological polar surface area (TPSA) is 68.7 Å². The fraction of sp³-hybridized carbons (Fsp3) is 0.478. The average molecular weight is 395 g/mol. The van der Waals surface area contributed by atoms with Crippen molar-refractivity contribution in [2.45, 2.75) is 38.6 Å². The number of benzene rings is 1. The zero-order chi connectivity index (χ0) is 20.6. The average Bonchev–Trinajstić information content (AvgIpc) is 2.92. The summed E-state index contributed by atoms with van der Waals surface area (Å²) in [5.41, 5.74) is 3.90. The van der Waals surface area contributed by atoms with Gasteiger partial charge in [-0.15, -0.1) is 0 Å². The second kappa shape index (κ2) is 7.76. The van der Waals surface area contributed by atoms with Gasteiger partial charge in [0, 0.05) is 61.5 Å². The van der Waals surface area contributed by atoms with Crippen LogP contribution < -0.4 is 10.2 Å². The van der Waals surface area contributed by atoms with E-state index in [-0.39, 0.29) is 17.1 Å². The fourth-order valence-corrected chi connectivity index (χ4v) is 4.42. The molecule has 1 fully saturated rings. The normalized spacial score (nSPS) is 21.2. The number of aromatic hydroxyl groups is 1. The van der Waals surface area contributed by atoms with Crippen molar-refractivity contribution in [3.63, 3.8) is 0 Å². The number of pyridine rings is 1. The number of nitrogens with one attached hydrogen (secondary N) is 1. The van der Waals surface area contributed by atoms with E-state index in [1.54, 1.807) is 12.1 Å². The molecule has 2 aromatic rings. The van der Waals surface area contributed by atoms with Gasteiger partial charge in [0.05, 0.1) is 12.2 Å². The van der Waals surface area contributed by atoms with Crippen LogP contribution in [0.15, 0.2) is 36.5 Å². The molecule has 0 saturated carbocycles. The van der Waals surface area contributed by atoms with Crippen LogP contribution in [0.5, 0.6) is 5.75 Å². The van der Waals surface area contributed by atoms with Gasteiger partial charge in [-0.2, -0.15) is 0 Å². The fourth-order valence-electron chi connectivity index (χ4n) is 4.42. The van der Waals surface area contributed by atoms with Crippen LogP contribution in [-0.2, 0) is 16.6 Å². The van der Waals surface area contributed by atoms with Crippen LogP contribution in [0.25, 0.3) is 0 Å². The monoisotopic (exact) mass is 394 g/mol. The SMILES string of the molecule is C[C@@H]1CN(CC(=O)N2CC(C)(C)c3cnc(Cc4cccc(O)c4)cc32)CCN1. The molecule has 1 saturated heterocycles. The minimum absolute atomic E-state index is 0.113. The summed E-state index contributed by atoms with van der Waals surface area (Å²) in [5, 5.41) is 13.1. The summed E-state index contributed by atoms with van der Waals surface area (Å²) in [7, 11) is 0. The molecule has 1 aromatic carbocycles. The molecule has 6 heteroatoms. The molecule has 0 bridgehead atoms. The highest BCUT2D eigenvalue weighted by Crippen LogP contribution is 2.40. The van der Waals surface area contributed by atoms with Gasteiger partial charge in [0.1, 0.15) is 5.75 Å². The first-order valence-electron chi connectivity index (χ1n) is 10.4. The van der Waals surface area contributed by atoms with Crippen molar-refractivity contribution in [3.8, 4) is 5.75 Å². The Morgan fingerprint density at radius 2 is 2.17 bits per heavy atom. The lowest BCUT2D eigenvalue weighted by atomic mass is 9.88. The Morgan fingerprint density at radius 1 is 1.34 bits per heavy atom. The van der Waals surface area contributed by atoms with Crippen LogP contribution in [0.4, 0.5) is 5.69 Å². The molecule has 154 valence electrons. The number of piperazine rings is 1. The van der Waals surface area contributed by atoms with Gasteiger partial charge >= 0.3 is 0 Å². The van der Waals surface area contributed by atoms with Gasteiger partial charge in [-0.25, -0.2) is 0 Å². The van der Waals surface area contributed by atoms with Crippen LogP contribution >= 0.6 is 0 Å². The Hall–Kier alpha value is -2.44. The molecule has 2 aliphatic heterocycles. The molecule has 6 nitrogen and oxygen atoms in total. The summed E-state index contributed by atoms with van der Waals surface area (Å²) >= 11 is 0. The molecule has 1 aromatic heterocycles. The Balaban J connectivity index is 1.56. The van der Waals surface area contributed by atoms with Crippen LogP contribution in [-0.4, -0.2) is 59.7 Å². The number of hydrogen-bond donors (Lipinski definition) is 2. The van der Waals surface area contributed by atoms with E-state index < -0.39 is 0 Å². The summed E-state index contributed by atoms with van der Waals surface area (Å²) in [6.07, 6.45) is 2.55. The summed E-state index contributed by atoms with van der Waals surface area (Å²) in [4.78, 5) is 22.0. The van der Waals surface area contributed by atoms with Gasteiger partial charge in [0.25, 0.3) is 0 Å². The van der Waals surface area contributed by atoms with Crippen molar-refractivity contribution in [3.05, 3.63) is 53.3 Å². The third-order valence-corrected chi connectivity index (χ3v) is 5.92. The quantitative estimate of drug-likeness (QED) is 0.833. The van der Waals surface area contributed by atoms with Gasteiger partial charge in [0.15, 0.2) is 0 Å². The number of phenolic OH excluding ortho intramolecular Hbond substituents is 1. The third-order valence-electron chi connectivity index (χ3n) is 5.92. The largest absolute Gasteiger partial charge is 0.508 e. The van der Waals surface area contributed by atoms with Crippen LogP contribution in [0.3, 0.4) is 0 Å². The molecule has 1 amide bonds. The van der Waals surface area contributed by atoms with Crippen molar-refractivity contribution >= 4 is 11.6 Å². The molecule has 3 heterocycles. The molecule has 4 rings (SSSR count). The lowest BCUT2D eigenvalue weighted by molar-refractivity contribution is -0.120. The molecule has 0 spiro atoms. The number of fused-ring (bicyclic) bond motifs is 1. The number of carbonyl (C=O) groups excluding carboxylic acids is 1. The van der Waals surface area contributed by atoms with Crippen LogP contribution in [0.1, 0.15) is 37.6 Å². The molecule has 0 unspecified atom stereocenters. The van der Waals surface area contributed by atoms with Gasteiger partial charge in [-0.3, -0.25) is 14.7 Å². The van der Waals surface area contributed by atoms with E-state index >= 15 is 0 Å². The van der Waals surface area contributed by atoms with Crippen molar-refractivity contribution < 1.29 is 9.90 Å². The van der Waals surface area contributed by atoms with Crippen LogP contribution in [0, 0.1) is 0 Å². The minimum Gasteiger partial charge on any atom is -0.508 e. The highest BCUT2D eigenvalue weighted by Gasteiger charge is 2.39. The molecule has 2 N–H and O–H groups in total. The molecular weight excluding hydrogens is 364 g/mol. The number of aromatic nitrogens is 1. The van der Waals surface area contributed by atoms with E-state index in [0.717, 1.165) is 42.1 Å². The van der Waals surface area contributed by atoms with E-state index in [9.17, 15) is 9.90 Å². The first-order chi connectivity index (χ1) is 13.8. The predicted molar refractivity (Wildman–Crippen MR) is 114 cm³/mol. The van der Waals surface area contributed by atoms with Crippen LogP contribution in [0.2, 0.25) is 0 Å². The zero-order valence-electron chi connectivity index (χ0n) is 17.5. The second-order valence-electron chi connectivity index (χ2n) is 8.99. The molecule has 1 atom stereocenters. The Kier molecular flexibility index (Phi) is 5.32. The highest BCUT2D eigenvalue weighted by atomic mass is 16.3. The lowest BCUT2D eigenvalue weighted by Crippen LogP contribution is -2.52. The first-order valence-corrected chi connectivity index (χ1v) is 10.4. The van der Waals surface area contributed by atoms with E-state index in [1.807, 2.05) is 29.3 Å². The number of anilines is 1. The highest BCUT2D eigenvalue weighted by molar-refractivity contribution is 5.97. The number of amides is 1. The molecule has 2 aliphatic rings. The van der Waals surface area contributed by atoms with Crippen molar-refractivity contribution in [1.82, 2.24) is 15.2 Å². The zero-order valence-corrected chi connectivity index (χ0v) is 17.5. The standard InChI is InChI=1S/C23H30N4O2/c1-16-13-26(8-7-24-16)14-22(29)27-15-23(2,3)20-12-25-18(11-21(20)27)9-17-5-4-6-19(28)10-17/h4-6,10-12,16,24,28H,7-9,13-15H2,1-3H3/t16-/m1/s1. The Morgan fingerprint density at radius 3 is 2.93 bits per heavy atom. The number of rotatable bonds is 4. The minimum atomic E-state index is -0.113. The molecule has 0 radical (unpaired) electrons. The number of nitrogens with zero attached hydrogens (tertiary/aromatic N) is 3. The summed E-state index contributed by atoms with van der Waals surface area (Å²) in [5.74, 6) is 0.410. The first kappa shape index (κ1) is 19.9.